The molecule has 1 aliphatic carbocycles. The molecule has 0 aliphatic heterocycles. The Morgan fingerprint density at radius 3 is 2.11 bits per heavy atom. The second-order valence-corrected chi connectivity index (χ2v) is 12.4. The van der Waals surface area contributed by atoms with Crippen molar-refractivity contribution in [2.75, 3.05) is 0 Å². The first-order chi connectivity index (χ1) is 8.29. The van der Waals surface area contributed by atoms with E-state index in [-0.39, 0.29) is 0 Å². The topological polar surface area (TPSA) is 12.0 Å². The van der Waals surface area contributed by atoms with Crippen molar-refractivity contribution < 1.29 is 0 Å². The molecule has 1 aromatic carbocycles. The summed E-state index contributed by atoms with van der Waals surface area (Å²) in [6, 6.07) is 9.24. The van der Waals surface area contributed by atoms with Crippen LogP contribution < -0.4 is 10.5 Å². The molecule has 0 radical (unpaired) electrons. The smallest absolute Gasteiger partial charge is 0.0775 e. The van der Waals surface area contributed by atoms with Gasteiger partial charge in [-0.3, -0.25) is 0 Å². The molecular weight excluding hydrogens is 234 g/mol. The van der Waals surface area contributed by atoms with Crippen molar-refractivity contribution in [3.05, 3.63) is 29.8 Å². The monoisotopic (exact) mass is 261 g/mol. The molecule has 100 valence electrons. The molecule has 1 N–H and O–H groups in total. The second kappa shape index (κ2) is 4.82. The summed E-state index contributed by atoms with van der Waals surface area (Å²) in [4.78, 5) is 0. The summed E-state index contributed by atoms with van der Waals surface area (Å²) in [7, 11) is -1.14. The van der Waals surface area contributed by atoms with Crippen LogP contribution in [-0.4, -0.2) is 13.6 Å². The zero-order valence-corrected chi connectivity index (χ0v) is 13.5. The quantitative estimate of drug-likeness (QED) is 0.800. The zero-order valence-electron chi connectivity index (χ0n) is 12.5. The maximum absolute atomic E-state index is 3.71. The first-order valence-electron chi connectivity index (χ1n) is 7.13. The van der Waals surface area contributed by atoms with Crippen molar-refractivity contribution in [3.8, 4) is 0 Å². The molecule has 1 fully saturated rings. The molecule has 0 bridgehead atoms. The van der Waals surface area contributed by atoms with Crippen molar-refractivity contribution in [2.45, 2.75) is 58.4 Å². The Morgan fingerprint density at radius 2 is 1.67 bits per heavy atom. The van der Waals surface area contributed by atoms with E-state index in [2.05, 4.69) is 63.1 Å². The van der Waals surface area contributed by atoms with Gasteiger partial charge in [-0.05, 0) is 38.2 Å². The molecule has 0 amide bonds. The number of benzene rings is 1. The van der Waals surface area contributed by atoms with Gasteiger partial charge in [0.15, 0.2) is 0 Å². The molecule has 1 aliphatic rings. The van der Waals surface area contributed by atoms with Crippen molar-refractivity contribution in [1.82, 2.24) is 5.32 Å². The highest BCUT2D eigenvalue weighted by atomic mass is 28.3. The van der Waals surface area contributed by atoms with E-state index in [0.29, 0.717) is 5.54 Å². The minimum absolute atomic E-state index is 0.303. The Balaban J connectivity index is 1.94. The van der Waals surface area contributed by atoms with E-state index in [4.69, 9.17) is 0 Å². The molecular formula is C16H27NSi. The first-order valence-corrected chi connectivity index (χ1v) is 10.6. The number of rotatable bonds is 5. The number of hydrogen-bond donors (Lipinski definition) is 1. The van der Waals surface area contributed by atoms with Crippen molar-refractivity contribution in [3.63, 3.8) is 0 Å². The second-order valence-electron chi connectivity index (χ2n) is 7.30. The Labute approximate surface area is 113 Å². The third kappa shape index (κ3) is 3.45. The Bertz CT molecular complexity index is 396. The van der Waals surface area contributed by atoms with Crippen LogP contribution in [0.15, 0.2) is 24.3 Å². The molecule has 0 heterocycles. The molecule has 0 aromatic heterocycles. The number of hydrogen-bond acceptors (Lipinski definition) is 1. The molecule has 1 nitrogen and oxygen atoms in total. The normalized spacial score (nSPS) is 16.9. The molecule has 0 atom stereocenters. The predicted molar refractivity (Wildman–Crippen MR) is 83.1 cm³/mol. The van der Waals surface area contributed by atoms with Crippen molar-refractivity contribution in [1.29, 1.82) is 0 Å². The van der Waals surface area contributed by atoms with Gasteiger partial charge in [0.05, 0.1) is 8.07 Å². The van der Waals surface area contributed by atoms with E-state index in [1.807, 2.05) is 0 Å². The molecule has 2 rings (SSSR count). The molecule has 0 spiro atoms. The fourth-order valence-corrected chi connectivity index (χ4v) is 3.57. The van der Waals surface area contributed by atoms with Gasteiger partial charge in [-0.15, -0.1) is 0 Å². The summed E-state index contributed by atoms with van der Waals surface area (Å²) >= 11 is 0. The van der Waals surface area contributed by atoms with Crippen LogP contribution in [0.3, 0.4) is 0 Å². The lowest BCUT2D eigenvalue weighted by molar-refractivity contribution is 0.339. The number of nitrogens with one attached hydrogen (secondary N) is 1. The summed E-state index contributed by atoms with van der Waals surface area (Å²) in [5.74, 6) is 0.888. The van der Waals surface area contributed by atoms with Crippen LogP contribution in [0.5, 0.6) is 0 Å². The van der Waals surface area contributed by atoms with Crippen molar-refractivity contribution in [2.24, 2.45) is 5.92 Å². The van der Waals surface area contributed by atoms with Gasteiger partial charge in [0, 0.05) is 12.1 Å². The largest absolute Gasteiger partial charge is 0.307 e. The molecule has 2 heteroatoms. The van der Waals surface area contributed by atoms with E-state index in [9.17, 15) is 0 Å². The summed E-state index contributed by atoms with van der Waals surface area (Å²) in [6.07, 6.45) is 2.79. The van der Waals surface area contributed by atoms with E-state index >= 15 is 0 Å². The van der Waals surface area contributed by atoms with Gasteiger partial charge in [-0.1, -0.05) is 49.1 Å². The Kier molecular flexibility index (Phi) is 3.70. The maximum atomic E-state index is 3.71. The highest BCUT2D eigenvalue weighted by Gasteiger charge is 2.37. The summed E-state index contributed by atoms with van der Waals surface area (Å²) in [6.45, 7) is 12.9. The molecule has 1 aromatic rings. The average Bonchev–Trinajstić information content (AvgIpc) is 3.10. The van der Waals surface area contributed by atoms with Crippen LogP contribution >= 0.6 is 0 Å². The molecule has 1 saturated carbocycles. The minimum atomic E-state index is -1.14. The van der Waals surface area contributed by atoms with Gasteiger partial charge in [0.1, 0.15) is 0 Å². The van der Waals surface area contributed by atoms with Gasteiger partial charge in [-0.2, -0.15) is 0 Å². The molecule has 0 unspecified atom stereocenters. The summed E-state index contributed by atoms with van der Waals surface area (Å²) < 4.78 is 0. The van der Waals surface area contributed by atoms with Crippen molar-refractivity contribution >= 4 is 13.3 Å². The summed E-state index contributed by atoms with van der Waals surface area (Å²) in [5.41, 5.74) is 1.71. The SMILES string of the molecule is CC(C)(NCc1ccc([Si](C)(C)C)cc1)C1CC1. The minimum Gasteiger partial charge on any atom is -0.307 e. The van der Waals surface area contributed by atoms with E-state index < -0.39 is 8.07 Å². The van der Waals surface area contributed by atoms with Gasteiger partial charge >= 0.3 is 0 Å². The van der Waals surface area contributed by atoms with Crippen LogP contribution in [0, 0.1) is 5.92 Å². The maximum Gasteiger partial charge on any atom is 0.0775 e. The van der Waals surface area contributed by atoms with Gasteiger partial charge in [0.25, 0.3) is 0 Å². The van der Waals surface area contributed by atoms with Gasteiger partial charge < -0.3 is 5.32 Å². The summed E-state index contributed by atoms with van der Waals surface area (Å²) in [5, 5.41) is 5.26. The lowest BCUT2D eigenvalue weighted by atomic mass is 9.98. The first kappa shape index (κ1) is 13.8. The van der Waals surface area contributed by atoms with Crippen LogP contribution in [0.1, 0.15) is 32.3 Å². The third-order valence-corrected chi connectivity index (χ3v) is 6.23. The fourth-order valence-electron chi connectivity index (χ4n) is 2.40. The van der Waals surface area contributed by atoms with Crippen LogP contribution in [0.4, 0.5) is 0 Å². The van der Waals surface area contributed by atoms with E-state index in [1.165, 1.54) is 18.4 Å². The fraction of sp³-hybridized carbons (Fsp3) is 0.625. The van der Waals surface area contributed by atoms with Crippen LogP contribution in [0.2, 0.25) is 19.6 Å². The van der Waals surface area contributed by atoms with E-state index in [0.717, 1.165) is 12.5 Å². The highest BCUT2D eigenvalue weighted by molar-refractivity contribution is 6.88. The van der Waals surface area contributed by atoms with Crippen LogP contribution in [0.25, 0.3) is 0 Å². The third-order valence-electron chi connectivity index (χ3n) is 4.17. The van der Waals surface area contributed by atoms with E-state index in [1.54, 1.807) is 5.19 Å². The highest BCUT2D eigenvalue weighted by Crippen LogP contribution is 2.39. The van der Waals surface area contributed by atoms with Gasteiger partial charge in [0.2, 0.25) is 0 Å². The molecule has 18 heavy (non-hydrogen) atoms. The Hall–Kier alpha value is -0.603. The lowest BCUT2D eigenvalue weighted by Crippen LogP contribution is -2.41. The standard InChI is InChI=1S/C16H27NSi/c1-16(2,14-8-9-14)17-12-13-6-10-15(11-7-13)18(3,4)5/h6-7,10-11,14,17H,8-9,12H2,1-5H3. The molecule has 0 saturated heterocycles. The lowest BCUT2D eigenvalue weighted by Gasteiger charge is -2.26. The predicted octanol–water partition coefficient (Wildman–Crippen LogP) is 3.51. The average molecular weight is 261 g/mol. The zero-order chi connectivity index (χ0) is 13.4. The van der Waals surface area contributed by atoms with Gasteiger partial charge in [-0.25, -0.2) is 0 Å². The Morgan fingerprint density at radius 1 is 1.11 bits per heavy atom. The van der Waals surface area contributed by atoms with Crippen LogP contribution in [-0.2, 0) is 6.54 Å².